The van der Waals surface area contributed by atoms with Gasteiger partial charge in [-0.1, -0.05) is 24.3 Å². The van der Waals surface area contributed by atoms with E-state index in [1.165, 1.54) is 0 Å². The van der Waals surface area contributed by atoms with Crippen LogP contribution in [0, 0.1) is 18.3 Å². The van der Waals surface area contributed by atoms with Gasteiger partial charge in [-0.05, 0) is 36.2 Å². The molecular formula is C15H12N4S. The van der Waals surface area contributed by atoms with Gasteiger partial charge in [-0.3, -0.25) is 0 Å². The summed E-state index contributed by atoms with van der Waals surface area (Å²) < 4.78 is 1.96. The lowest BCUT2D eigenvalue weighted by Gasteiger charge is -2.07. The average molecular weight is 280 g/mol. The number of nitriles is 1. The molecule has 5 heteroatoms. The van der Waals surface area contributed by atoms with Crippen LogP contribution >= 0.6 is 11.8 Å². The van der Waals surface area contributed by atoms with E-state index in [9.17, 15) is 5.26 Å². The summed E-state index contributed by atoms with van der Waals surface area (Å²) >= 11 is 1.56. The second-order valence-electron chi connectivity index (χ2n) is 4.46. The first kappa shape index (κ1) is 12.7. The number of hydrogen-bond acceptors (Lipinski definition) is 4. The van der Waals surface area contributed by atoms with E-state index in [-0.39, 0.29) is 0 Å². The molecular weight excluding hydrogens is 268 g/mol. The van der Waals surface area contributed by atoms with Crippen LogP contribution in [-0.2, 0) is 7.05 Å². The summed E-state index contributed by atoms with van der Waals surface area (Å²) in [7, 11) is 1.95. The highest BCUT2D eigenvalue weighted by atomic mass is 32.2. The summed E-state index contributed by atoms with van der Waals surface area (Å²) in [5.41, 5.74) is 0.694. The number of aromatic nitrogens is 3. The average Bonchev–Trinajstić information content (AvgIpc) is 2.79. The molecule has 0 radical (unpaired) electrons. The Balaban J connectivity index is 2.14. The Hall–Kier alpha value is -2.32. The smallest absolute Gasteiger partial charge is 0.195 e. The van der Waals surface area contributed by atoms with Gasteiger partial charge in [-0.2, -0.15) is 5.26 Å². The second-order valence-corrected chi connectivity index (χ2v) is 5.47. The molecule has 0 unspecified atom stereocenters. The van der Waals surface area contributed by atoms with Gasteiger partial charge in [0.15, 0.2) is 5.16 Å². The van der Waals surface area contributed by atoms with Gasteiger partial charge >= 0.3 is 0 Å². The van der Waals surface area contributed by atoms with Crippen molar-refractivity contribution in [2.24, 2.45) is 7.05 Å². The molecule has 0 bridgehead atoms. The number of aryl methyl sites for hydroxylation is 1. The number of benzene rings is 2. The van der Waals surface area contributed by atoms with Crippen LogP contribution in [-0.4, -0.2) is 14.8 Å². The molecule has 98 valence electrons. The van der Waals surface area contributed by atoms with Gasteiger partial charge in [0, 0.05) is 17.3 Å². The molecule has 4 nitrogen and oxygen atoms in total. The molecule has 0 saturated carbocycles. The van der Waals surface area contributed by atoms with Crippen LogP contribution in [0.1, 0.15) is 11.4 Å². The Morgan fingerprint density at radius 1 is 1.10 bits per heavy atom. The van der Waals surface area contributed by atoms with Gasteiger partial charge in [0.05, 0.1) is 11.6 Å². The molecule has 0 saturated heterocycles. The monoisotopic (exact) mass is 280 g/mol. The molecule has 3 rings (SSSR count). The van der Waals surface area contributed by atoms with E-state index in [1.807, 2.05) is 54.9 Å². The van der Waals surface area contributed by atoms with Crippen LogP contribution in [0.5, 0.6) is 0 Å². The van der Waals surface area contributed by atoms with Gasteiger partial charge in [-0.15, -0.1) is 10.2 Å². The van der Waals surface area contributed by atoms with Crippen LogP contribution in [0.2, 0.25) is 0 Å². The summed E-state index contributed by atoms with van der Waals surface area (Å²) in [5, 5.41) is 20.3. The molecule has 0 fully saturated rings. The molecule has 0 N–H and O–H groups in total. The Kier molecular flexibility index (Phi) is 3.17. The van der Waals surface area contributed by atoms with Crippen molar-refractivity contribution < 1.29 is 0 Å². The Morgan fingerprint density at radius 2 is 1.85 bits per heavy atom. The van der Waals surface area contributed by atoms with Crippen LogP contribution in [0.3, 0.4) is 0 Å². The molecule has 0 aliphatic carbocycles. The van der Waals surface area contributed by atoms with Crippen LogP contribution in [0.15, 0.2) is 46.5 Å². The molecule has 0 atom stereocenters. The van der Waals surface area contributed by atoms with Crippen molar-refractivity contribution in [2.75, 3.05) is 0 Å². The Morgan fingerprint density at radius 3 is 2.50 bits per heavy atom. The molecule has 1 aromatic heterocycles. The lowest BCUT2D eigenvalue weighted by molar-refractivity contribution is 0.766. The van der Waals surface area contributed by atoms with Crippen molar-refractivity contribution in [3.8, 4) is 6.07 Å². The zero-order valence-corrected chi connectivity index (χ0v) is 12.0. The van der Waals surface area contributed by atoms with Gasteiger partial charge in [0.25, 0.3) is 0 Å². The lowest BCUT2D eigenvalue weighted by atomic mass is 10.1. The predicted octanol–water partition coefficient (Wildman–Crippen LogP) is 3.30. The Labute approximate surface area is 121 Å². The number of hydrogen-bond donors (Lipinski definition) is 0. The summed E-state index contributed by atoms with van der Waals surface area (Å²) in [4.78, 5) is 1.08. The van der Waals surface area contributed by atoms with Crippen LogP contribution in [0.25, 0.3) is 10.8 Å². The first-order valence-corrected chi connectivity index (χ1v) is 6.98. The maximum absolute atomic E-state index is 9.18. The third-order valence-electron chi connectivity index (χ3n) is 3.26. The first-order chi connectivity index (χ1) is 9.70. The van der Waals surface area contributed by atoms with Gasteiger partial charge in [-0.25, -0.2) is 0 Å². The number of nitrogens with zero attached hydrogens (tertiary/aromatic N) is 4. The summed E-state index contributed by atoms with van der Waals surface area (Å²) in [6.07, 6.45) is 0. The normalized spacial score (nSPS) is 10.7. The minimum absolute atomic E-state index is 0.694. The zero-order valence-electron chi connectivity index (χ0n) is 11.2. The lowest BCUT2D eigenvalue weighted by Crippen LogP contribution is -1.93. The van der Waals surface area contributed by atoms with Crippen molar-refractivity contribution in [3.63, 3.8) is 0 Å². The molecule has 0 aliphatic rings. The maximum atomic E-state index is 9.18. The van der Waals surface area contributed by atoms with E-state index in [1.54, 1.807) is 11.8 Å². The van der Waals surface area contributed by atoms with Gasteiger partial charge < -0.3 is 4.57 Å². The summed E-state index contributed by atoms with van der Waals surface area (Å²) in [6.45, 7) is 1.92. The van der Waals surface area contributed by atoms with E-state index in [0.29, 0.717) is 5.56 Å². The van der Waals surface area contributed by atoms with E-state index >= 15 is 0 Å². The minimum Gasteiger partial charge on any atom is -0.309 e. The zero-order chi connectivity index (χ0) is 14.1. The largest absolute Gasteiger partial charge is 0.309 e. The highest BCUT2D eigenvalue weighted by Crippen LogP contribution is 2.33. The molecule has 1 heterocycles. The minimum atomic E-state index is 0.694. The first-order valence-electron chi connectivity index (χ1n) is 6.16. The van der Waals surface area contributed by atoms with E-state index in [0.717, 1.165) is 26.6 Å². The topological polar surface area (TPSA) is 54.5 Å². The molecule has 2 aromatic carbocycles. The second kappa shape index (κ2) is 4.99. The third kappa shape index (κ3) is 2.04. The Bertz CT molecular complexity index is 829. The fraction of sp³-hybridized carbons (Fsp3) is 0.133. The molecule has 0 spiro atoms. The fourth-order valence-corrected chi connectivity index (χ4v) is 3.00. The van der Waals surface area contributed by atoms with Crippen molar-refractivity contribution in [2.45, 2.75) is 17.0 Å². The van der Waals surface area contributed by atoms with Crippen molar-refractivity contribution in [1.29, 1.82) is 5.26 Å². The highest BCUT2D eigenvalue weighted by Gasteiger charge is 2.11. The maximum Gasteiger partial charge on any atom is 0.195 e. The van der Waals surface area contributed by atoms with Gasteiger partial charge in [0.2, 0.25) is 0 Å². The van der Waals surface area contributed by atoms with E-state index in [2.05, 4.69) is 16.3 Å². The SMILES string of the molecule is Cc1nnc(Sc2ccc(C#N)c3ccccc23)n1C. The molecule has 0 aliphatic heterocycles. The van der Waals surface area contributed by atoms with Gasteiger partial charge in [0.1, 0.15) is 5.82 Å². The van der Waals surface area contributed by atoms with Crippen molar-refractivity contribution >= 4 is 22.5 Å². The molecule has 20 heavy (non-hydrogen) atoms. The van der Waals surface area contributed by atoms with E-state index in [4.69, 9.17) is 0 Å². The number of fused-ring (bicyclic) bond motifs is 1. The standard InChI is InChI=1S/C15H12N4S/c1-10-17-18-15(19(10)2)20-14-8-7-11(9-16)12-5-3-4-6-13(12)14/h3-8H,1-2H3. The van der Waals surface area contributed by atoms with E-state index < -0.39 is 0 Å². The quantitative estimate of drug-likeness (QED) is 0.722. The molecule has 0 amide bonds. The fourth-order valence-electron chi connectivity index (χ4n) is 2.03. The number of rotatable bonds is 2. The highest BCUT2D eigenvalue weighted by molar-refractivity contribution is 7.99. The third-order valence-corrected chi connectivity index (χ3v) is 4.37. The summed E-state index contributed by atoms with van der Waals surface area (Å²) in [6, 6.07) is 14.0. The van der Waals surface area contributed by atoms with Crippen molar-refractivity contribution in [1.82, 2.24) is 14.8 Å². The predicted molar refractivity (Wildman–Crippen MR) is 78.5 cm³/mol. The summed E-state index contributed by atoms with van der Waals surface area (Å²) in [5.74, 6) is 0.880. The van der Waals surface area contributed by atoms with Crippen LogP contribution in [0.4, 0.5) is 0 Å². The van der Waals surface area contributed by atoms with Crippen molar-refractivity contribution in [3.05, 3.63) is 47.8 Å². The van der Waals surface area contributed by atoms with Crippen LogP contribution < -0.4 is 0 Å². The molecule has 3 aromatic rings.